The van der Waals surface area contributed by atoms with Gasteiger partial charge < -0.3 is 5.73 Å². The molecule has 1 aliphatic rings. The van der Waals surface area contributed by atoms with Crippen LogP contribution in [0.4, 0.5) is 0 Å². The molecule has 0 heterocycles. The molecule has 1 saturated carbocycles. The summed E-state index contributed by atoms with van der Waals surface area (Å²) in [6.45, 7) is 1.50. The highest BCUT2D eigenvalue weighted by Gasteiger charge is 2.32. The second-order valence-electron chi connectivity index (χ2n) is 5.77. The molecule has 2 rings (SSSR count). The van der Waals surface area contributed by atoms with E-state index in [-0.39, 0.29) is 5.25 Å². The third kappa shape index (κ3) is 4.53. The zero-order valence-corrected chi connectivity index (χ0v) is 13.4. The molecule has 0 spiro atoms. The molecule has 0 unspecified atom stereocenters. The zero-order chi connectivity index (χ0) is 15.1. The molecule has 1 aliphatic carbocycles. The first kappa shape index (κ1) is 16.5. The lowest BCUT2D eigenvalue weighted by atomic mass is 10.0. The van der Waals surface area contributed by atoms with Gasteiger partial charge in [0.05, 0.1) is 5.25 Å². The van der Waals surface area contributed by atoms with Crippen molar-refractivity contribution in [1.82, 2.24) is 4.31 Å². The van der Waals surface area contributed by atoms with Gasteiger partial charge in [-0.05, 0) is 31.4 Å². The van der Waals surface area contributed by atoms with E-state index in [2.05, 4.69) is 0 Å². The Morgan fingerprint density at radius 2 is 1.76 bits per heavy atom. The van der Waals surface area contributed by atoms with Gasteiger partial charge >= 0.3 is 0 Å². The fraction of sp³-hybridized carbons (Fsp3) is 0.625. The first-order valence-electron chi connectivity index (χ1n) is 7.87. The molecule has 2 N–H and O–H groups in total. The van der Waals surface area contributed by atoms with Crippen LogP contribution in [0.2, 0.25) is 0 Å². The van der Waals surface area contributed by atoms with Gasteiger partial charge in [-0.1, -0.05) is 49.6 Å². The number of sulfonamides is 1. The van der Waals surface area contributed by atoms with E-state index in [0.717, 1.165) is 37.7 Å². The molecule has 4 nitrogen and oxygen atoms in total. The largest absolute Gasteiger partial charge is 0.330 e. The number of nitrogens with zero attached hydrogens (tertiary/aromatic N) is 1. The van der Waals surface area contributed by atoms with Crippen LogP contribution >= 0.6 is 0 Å². The van der Waals surface area contributed by atoms with Crippen LogP contribution in [0.15, 0.2) is 30.3 Å². The lowest BCUT2D eigenvalue weighted by molar-refractivity contribution is 0.379. The van der Waals surface area contributed by atoms with Crippen LogP contribution < -0.4 is 5.73 Å². The Morgan fingerprint density at radius 1 is 1.10 bits per heavy atom. The summed E-state index contributed by atoms with van der Waals surface area (Å²) in [7, 11) is -3.22. The van der Waals surface area contributed by atoms with Crippen LogP contribution in [0.1, 0.15) is 44.1 Å². The SMILES string of the molecule is NCCCN(Cc1ccccc1)S(=O)(=O)C1CCCCC1. The normalized spacial score (nSPS) is 17.2. The molecular weight excluding hydrogens is 284 g/mol. The van der Waals surface area contributed by atoms with Crippen LogP contribution in [0, 0.1) is 0 Å². The standard InChI is InChI=1S/C16H26N2O2S/c17-12-7-13-18(14-15-8-3-1-4-9-15)21(19,20)16-10-5-2-6-11-16/h1,3-4,8-9,16H,2,5-7,10-14,17H2. The van der Waals surface area contributed by atoms with Crippen molar-refractivity contribution in [2.75, 3.05) is 13.1 Å². The van der Waals surface area contributed by atoms with E-state index in [1.165, 1.54) is 0 Å². The van der Waals surface area contributed by atoms with Gasteiger partial charge in [-0.15, -0.1) is 0 Å². The monoisotopic (exact) mass is 310 g/mol. The van der Waals surface area contributed by atoms with Gasteiger partial charge in [-0.3, -0.25) is 0 Å². The molecule has 5 heteroatoms. The van der Waals surface area contributed by atoms with E-state index in [4.69, 9.17) is 5.73 Å². The highest BCUT2D eigenvalue weighted by molar-refractivity contribution is 7.89. The Labute approximate surface area is 128 Å². The second kappa shape index (κ2) is 7.92. The summed E-state index contributed by atoms with van der Waals surface area (Å²) >= 11 is 0. The molecule has 0 radical (unpaired) electrons. The van der Waals surface area contributed by atoms with Gasteiger partial charge in [0.2, 0.25) is 10.0 Å². The maximum absolute atomic E-state index is 12.9. The van der Waals surface area contributed by atoms with Gasteiger partial charge in [0.1, 0.15) is 0 Å². The smallest absolute Gasteiger partial charge is 0.217 e. The summed E-state index contributed by atoms with van der Waals surface area (Å²) in [4.78, 5) is 0. The molecule has 21 heavy (non-hydrogen) atoms. The summed E-state index contributed by atoms with van der Waals surface area (Å²) in [5, 5.41) is -0.201. The number of hydrogen-bond acceptors (Lipinski definition) is 3. The summed E-state index contributed by atoms with van der Waals surface area (Å²) < 4.78 is 27.4. The van der Waals surface area contributed by atoms with Crippen LogP contribution in [-0.2, 0) is 16.6 Å². The number of rotatable bonds is 7. The topological polar surface area (TPSA) is 63.4 Å². The lowest BCUT2D eigenvalue weighted by Gasteiger charge is -2.29. The molecule has 1 aromatic rings. The van der Waals surface area contributed by atoms with E-state index < -0.39 is 10.0 Å². The van der Waals surface area contributed by atoms with Crippen molar-refractivity contribution in [3.05, 3.63) is 35.9 Å². The first-order valence-corrected chi connectivity index (χ1v) is 9.38. The Morgan fingerprint density at radius 3 is 2.38 bits per heavy atom. The van der Waals surface area contributed by atoms with Crippen LogP contribution in [0.3, 0.4) is 0 Å². The Bertz CT molecular complexity index is 510. The predicted octanol–water partition coefficient (Wildman–Crippen LogP) is 2.50. The zero-order valence-electron chi connectivity index (χ0n) is 12.6. The summed E-state index contributed by atoms with van der Waals surface area (Å²) in [5.41, 5.74) is 6.61. The average molecular weight is 310 g/mol. The number of benzene rings is 1. The third-order valence-corrected chi connectivity index (χ3v) is 6.49. The van der Waals surface area contributed by atoms with Gasteiger partial charge in [0, 0.05) is 13.1 Å². The van der Waals surface area contributed by atoms with Crippen molar-refractivity contribution < 1.29 is 8.42 Å². The number of hydrogen-bond donors (Lipinski definition) is 1. The Hall–Kier alpha value is -0.910. The van der Waals surface area contributed by atoms with Gasteiger partial charge in [0.15, 0.2) is 0 Å². The third-order valence-electron chi connectivity index (χ3n) is 4.15. The molecule has 1 aromatic carbocycles. The second-order valence-corrected chi connectivity index (χ2v) is 7.98. The fourth-order valence-electron chi connectivity index (χ4n) is 2.92. The minimum absolute atomic E-state index is 0.201. The minimum atomic E-state index is -3.22. The van der Waals surface area contributed by atoms with Crippen molar-refractivity contribution in [3.63, 3.8) is 0 Å². The van der Waals surface area contributed by atoms with Gasteiger partial charge in [-0.25, -0.2) is 8.42 Å². The molecule has 0 aromatic heterocycles. The molecule has 0 aliphatic heterocycles. The summed E-state index contributed by atoms with van der Waals surface area (Å²) in [5.74, 6) is 0. The Balaban J connectivity index is 2.13. The molecule has 1 fully saturated rings. The summed E-state index contributed by atoms with van der Waals surface area (Å²) in [6, 6.07) is 9.80. The predicted molar refractivity (Wildman–Crippen MR) is 86.3 cm³/mol. The van der Waals surface area contributed by atoms with Crippen molar-refractivity contribution in [2.24, 2.45) is 5.73 Å². The fourth-order valence-corrected chi connectivity index (χ4v) is 4.99. The highest BCUT2D eigenvalue weighted by atomic mass is 32.2. The van der Waals surface area contributed by atoms with Crippen LogP contribution in [0.25, 0.3) is 0 Å². The Kier molecular flexibility index (Phi) is 6.21. The van der Waals surface area contributed by atoms with E-state index in [1.54, 1.807) is 4.31 Å². The van der Waals surface area contributed by atoms with Crippen molar-refractivity contribution in [3.8, 4) is 0 Å². The summed E-state index contributed by atoms with van der Waals surface area (Å²) in [6.07, 6.45) is 5.53. The molecule has 0 atom stereocenters. The van der Waals surface area contributed by atoms with E-state index >= 15 is 0 Å². The molecular formula is C16H26N2O2S. The van der Waals surface area contributed by atoms with E-state index in [1.807, 2.05) is 30.3 Å². The van der Waals surface area contributed by atoms with Crippen molar-refractivity contribution in [1.29, 1.82) is 0 Å². The maximum Gasteiger partial charge on any atom is 0.217 e. The quantitative estimate of drug-likeness (QED) is 0.841. The first-order chi connectivity index (χ1) is 10.1. The van der Waals surface area contributed by atoms with Crippen LogP contribution in [-0.4, -0.2) is 31.1 Å². The van der Waals surface area contributed by atoms with Gasteiger partial charge in [0.25, 0.3) is 0 Å². The number of nitrogens with two attached hydrogens (primary N) is 1. The average Bonchev–Trinajstić information content (AvgIpc) is 2.53. The lowest BCUT2D eigenvalue weighted by Crippen LogP contribution is -2.40. The molecule has 118 valence electrons. The minimum Gasteiger partial charge on any atom is -0.330 e. The molecule has 0 saturated heterocycles. The maximum atomic E-state index is 12.9. The van der Waals surface area contributed by atoms with E-state index in [9.17, 15) is 8.42 Å². The van der Waals surface area contributed by atoms with Gasteiger partial charge in [-0.2, -0.15) is 4.31 Å². The van der Waals surface area contributed by atoms with Crippen LogP contribution in [0.5, 0.6) is 0 Å². The molecule has 0 bridgehead atoms. The highest BCUT2D eigenvalue weighted by Crippen LogP contribution is 2.27. The molecule has 0 amide bonds. The van der Waals surface area contributed by atoms with Crippen molar-refractivity contribution in [2.45, 2.75) is 50.3 Å². The van der Waals surface area contributed by atoms with E-state index in [0.29, 0.717) is 26.1 Å². The van der Waals surface area contributed by atoms with Crippen molar-refractivity contribution >= 4 is 10.0 Å².